The predicted molar refractivity (Wildman–Crippen MR) is 176 cm³/mol. The second-order valence-corrected chi connectivity index (χ2v) is 12.6. The van der Waals surface area contributed by atoms with Crippen molar-refractivity contribution in [3.05, 3.63) is 122 Å². The van der Waals surface area contributed by atoms with Crippen molar-refractivity contribution in [1.82, 2.24) is 10.3 Å². The monoisotopic (exact) mass is 674 g/mol. The summed E-state index contributed by atoms with van der Waals surface area (Å²) in [7, 11) is 0. The highest BCUT2D eigenvalue weighted by molar-refractivity contribution is 9.10. The molecule has 0 saturated heterocycles. The number of anilines is 2. The van der Waals surface area contributed by atoms with E-state index in [1.165, 1.54) is 34.4 Å². The summed E-state index contributed by atoms with van der Waals surface area (Å²) in [5.41, 5.74) is 2.92. The molecule has 0 aliphatic carbocycles. The first-order valence-corrected chi connectivity index (χ1v) is 16.1. The molecule has 5 rings (SSSR count). The fourth-order valence-electron chi connectivity index (χ4n) is 3.68. The van der Waals surface area contributed by atoms with E-state index in [0.717, 1.165) is 25.5 Å². The molecule has 0 radical (unpaired) electrons. The van der Waals surface area contributed by atoms with E-state index < -0.39 is 5.91 Å². The highest BCUT2D eigenvalue weighted by Crippen LogP contribution is 2.27. The van der Waals surface area contributed by atoms with E-state index in [-0.39, 0.29) is 23.3 Å². The van der Waals surface area contributed by atoms with Crippen molar-refractivity contribution in [1.29, 1.82) is 0 Å². The van der Waals surface area contributed by atoms with Gasteiger partial charge in [-0.25, -0.2) is 4.98 Å². The van der Waals surface area contributed by atoms with Crippen molar-refractivity contribution in [2.75, 3.05) is 16.4 Å². The smallest absolute Gasteiger partial charge is 0.272 e. The minimum Gasteiger partial charge on any atom is -0.321 e. The first-order valence-electron chi connectivity index (χ1n) is 12.6. The molecule has 42 heavy (non-hydrogen) atoms. The van der Waals surface area contributed by atoms with E-state index >= 15 is 0 Å². The van der Waals surface area contributed by atoms with Gasteiger partial charge in [-0.05, 0) is 66.1 Å². The van der Waals surface area contributed by atoms with Gasteiger partial charge < -0.3 is 16.0 Å². The number of hydrogen-bond donors (Lipinski definition) is 3. The predicted octanol–water partition coefficient (Wildman–Crippen LogP) is 7.77. The Bertz CT molecular complexity index is 1700. The van der Waals surface area contributed by atoms with E-state index in [0.29, 0.717) is 16.4 Å². The van der Waals surface area contributed by atoms with Crippen LogP contribution in [0.15, 0.2) is 117 Å². The zero-order valence-corrected chi connectivity index (χ0v) is 25.9. The lowest BCUT2D eigenvalue weighted by atomic mass is 10.2. The van der Waals surface area contributed by atoms with Crippen LogP contribution in [0.4, 0.5) is 10.8 Å². The Balaban J connectivity index is 1.15. The summed E-state index contributed by atoms with van der Waals surface area (Å²) in [6.45, 7) is 0. The molecule has 0 fully saturated rings. The molecule has 210 valence electrons. The second kappa shape index (κ2) is 14.2. The lowest BCUT2D eigenvalue weighted by molar-refractivity contribution is -0.114. The number of thiazole rings is 1. The van der Waals surface area contributed by atoms with Gasteiger partial charge in [-0.2, -0.15) is 0 Å². The van der Waals surface area contributed by atoms with Crippen LogP contribution >= 0.6 is 50.4 Å². The van der Waals surface area contributed by atoms with Gasteiger partial charge in [0, 0.05) is 36.4 Å². The number of amides is 3. The van der Waals surface area contributed by atoms with Crippen LogP contribution < -0.4 is 16.0 Å². The lowest BCUT2D eigenvalue weighted by Crippen LogP contribution is -2.30. The molecular formula is C31H23BrN4O3S3. The van der Waals surface area contributed by atoms with Gasteiger partial charge in [-0.15, -0.1) is 34.4 Å². The van der Waals surface area contributed by atoms with Crippen LogP contribution in [-0.2, 0) is 9.59 Å². The maximum Gasteiger partial charge on any atom is 0.272 e. The van der Waals surface area contributed by atoms with Gasteiger partial charge in [0.2, 0.25) is 5.91 Å². The molecule has 0 spiro atoms. The molecule has 3 N–H and O–H groups in total. The Labute approximate surface area is 263 Å². The third-order valence-corrected chi connectivity index (χ3v) is 8.85. The number of halogens is 1. The summed E-state index contributed by atoms with van der Waals surface area (Å²) in [6, 6.07) is 27.5. The third-order valence-electron chi connectivity index (χ3n) is 5.73. The summed E-state index contributed by atoms with van der Waals surface area (Å²) in [5, 5.41) is 12.8. The Morgan fingerprint density at radius 1 is 0.857 bits per heavy atom. The summed E-state index contributed by atoms with van der Waals surface area (Å²) in [5.74, 6) is -0.774. The Morgan fingerprint density at radius 3 is 2.33 bits per heavy atom. The van der Waals surface area contributed by atoms with Crippen molar-refractivity contribution < 1.29 is 14.4 Å². The topological polar surface area (TPSA) is 100 Å². The molecule has 7 nitrogen and oxygen atoms in total. The van der Waals surface area contributed by atoms with Crippen LogP contribution in [0.5, 0.6) is 0 Å². The van der Waals surface area contributed by atoms with Crippen LogP contribution in [-0.4, -0.2) is 28.5 Å². The van der Waals surface area contributed by atoms with E-state index in [9.17, 15) is 14.4 Å². The van der Waals surface area contributed by atoms with Gasteiger partial charge in [0.15, 0.2) is 5.13 Å². The quantitative estimate of drug-likeness (QED) is 0.104. The Kier molecular flexibility index (Phi) is 9.98. The molecule has 0 saturated carbocycles. The molecule has 3 amide bonds. The van der Waals surface area contributed by atoms with Crippen molar-refractivity contribution in [2.45, 2.75) is 4.90 Å². The number of nitrogens with one attached hydrogen (secondary N) is 3. The normalized spacial score (nSPS) is 11.1. The minimum atomic E-state index is -0.446. The van der Waals surface area contributed by atoms with E-state index in [1.54, 1.807) is 42.5 Å². The fourth-order valence-corrected chi connectivity index (χ4v) is 6.04. The fraction of sp³-hybridized carbons (Fsp3) is 0.0323. The average molecular weight is 676 g/mol. The lowest BCUT2D eigenvalue weighted by Gasteiger charge is -2.11. The van der Waals surface area contributed by atoms with E-state index in [2.05, 4.69) is 36.9 Å². The first-order chi connectivity index (χ1) is 20.4. The van der Waals surface area contributed by atoms with Gasteiger partial charge in [0.25, 0.3) is 11.8 Å². The maximum atomic E-state index is 13.1. The molecule has 0 atom stereocenters. The van der Waals surface area contributed by atoms with Crippen LogP contribution in [0.3, 0.4) is 0 Å². The van der Waals surface area contributed by atoms with Crippen LogP contribution in [0, 0.1) is 0 Å². The first kappa shape index (κ1) is 29.5. The van der Waals surface area contributed by atoms with Crippen molar-refractivity contribution in [3.8, 4) is 11.3 Å². The number of rotatable bonds is 10. The molecule has 2 heterocycles. The zero-order valence-electron chi connectivity index (χ0n) is 21.9. The summed E-state index contributed by atoms with van der Waals surface area (Å²) in [4.78, 5) is 44.6. The molecule has 0 unspecified atom stereocenters. The number of benzene rings is 3. The number of aromatic nitrogens is 1. The molecule has 0 bridgehead atoms. The molecule has 11 heteroatoms. The largest absolute Gasteiger partial charge is 0.321 e. The number of nitrogens with zero attached hydrogens (tertiary/aromatic N) is 1. The Hall–Kier alpha value is -4.03. The molecule has 5 aromatic rings. The molecule has 2 aromatic heterocycles. The van der Waals surface area contributed by atoms with Crippen LogP contribution in [0.2, 0.25) is 0 Å². The van der Waals surface area contributed by atoms with E-state index in [4.69, 9.17) is 0 Å². The van der Waals surface area contributed by atoms with Gasteiger partial charge in [0.05, 0.1) is 11.4 Å². The van der Waals surface area contributed by atoms with E-state index in [1.807, 2.05) is 65.4 Å². The summed E-state index contributed by atoms with van der Waals surface area (Å²) >= 11 is 7.64. The standard InChI is InChI=1S/C31H23BrN4O3S3/c32-22-10-8-20(9-11-22)27-18-42-31(35-27)36-28(37)19-41-24-14-12-23(13-15-24)33-30(39)26(17-25-7-4-16-40-25)34-29(38)21-5-2-1-3-6-21/h1-18H,19H2,(H,33,39)(H,34,38)(H,35,36,37)/b26-17-. The third kappa shape index (κ3) is 8.26. The van der Waals surface area contributed by atoms with Gasteiger partial charge >= 0.3 is 0 Å². The van der Waals surface area contributed by atoms with Crippen molar-refractivity contribution >= 4 is 85.0 Å². The maximum absolute atomic E-state index is 13.1. The van der Waals surface area contributed by atoms with Crippen molar-refractivity contribution in [3.63, 3.8) is 0 Å². The van der Waals surface area contributed by atoms with Gasteiger partial charge in [-0.1, -0.05) is 52.3 Å². The molecule has 3 aromatic carbocycles. The highest BCUT2D eigenvalue weighted by Gasteiger charge is 2.16. The summed E-state index contributed by atoms with van der Waals surface area (Å²) < 4.78 is 0.991. The van der Waals surface area contributed by atoms with Crippen molar-refractivity contribution in [2.24, 2.45) is 0 Å². The number of thioether (sulfide) groups is 1. The molecular weight excluding hydrogens is 652 g/mol. The Morgan fingerprint density at radius 2 is 1.62 bits per heavy atom. The zero-order chi connectivity index (χ0) is 29.3. The van der Waals surface area contributed by atoms with Crippen LogP contribution in [0.25, 0.3) is 17.3 Å². The second-order valence-electron chi connectivity index (χ2n) is 8.75. The van der Waals surface area contributed by atoms with Gasteiger partial charge in [0.1, 0.15) is 5.70 Å². The SMILES string of the molecule is O=C(CSc1ccc(NC(=O)/C(=C/c2cccs2)NC(=O)c2ccccc2)cc1)Nc1nc(-c2ccc(Br)cc2)cs1. The average Bonchev–Trinajstić information content (AvgIpc) is 3.70. The minimum absolute atomic E-state index is 0.131. The molecule has 0 aliphatic rings. The molecule has 0 aliphatic heterocycles. The van der Waals surface area contributed by atoms with Crippen LogP contribution in [0.1, 0.15) is 15.2 Å². The number of carbonyl (C=O) groups excluding carboxylic acids is 3. The number of hydrogen-bond acceptors (Lipinski definition) is 7. The summed E-state index contributed by atoms with van der Waals surface area (Å²) in [6.07, 6.45) is 1.65. The highest BCUT2D eigenvalue weighted by atomic mass is 79.9. The number of carbonyl (C=O) groups is 3. The van der Waals surface area contributed by atoms with Gasteiger partial charge in [-0.3, -0.25) is 14.4 Å². The number of thiophene rings is 1.